The molecule has 0 aliphatic rings. The quantitative estimate of drug-likeness (QED) is 0.459. The van der Waals surface area contributed by atoms with Crippen LogP contribution in [-0.4, -0.2) is 28.9 Å². The molecule has 0 unspecified atom stereocenters. The molecular formula is C19H27N5O2. The third kappa shape index (κ3) is 6.43. The molecule has 0 saturated heterocycles. The van der Waals surface area contributed by atoms with Gasteiger partial charge >= 0.3 is 0 Å². The monoisotopic (exact) mass is 357 g/mol. The van der Waals surface area contributed by atoms with Crippen molar-refractivity contribution in [2.75, 3.05) is 18.5 Å². The summed E-state index contributed by atoms with van der Waals surface area (Å²) in [6.45, 7) is 11.5. The number of anilines is 1. The van der Waals surface area contributed by atoms with Gasteiger partial charge in [0.25, 0.3) is 0 Å². The van der Waals surface area contributed by atoms with Gasteiger partial charge in [-0.1, -0.05) is 12.7 Å². The fraction of sp³-hybridized carbons (Fsp3) is 0.316. The molecule has 7 nitrogen and oxygen atoms in total. The van der Waals surface area contributed by atoms with Crippen LogP contribution in [0.25, 0.3) is 0 Å². The number of hydrogen-bond acceptors (Lipinski definition) is 7. The smallest absolute Gasteiger partial charge is 0.226 e. The van der Waals surface area contributed by atoms with Crippen LogP contribution in [0.4, 0.5) is 5.95 Å². The van der Waals surface area contributed by atoms with Crippen LogP contribution in [-0.2, 0) is 4.79 Å². The first-order chi connectivity index (χ1) is 12.3. The molecule has 5 N–H and O–H groups in total. The number of ether oxygens (including phenoxy) is 1. The van der Waals surface area contributed by atoms with Crippen molar-refractivity contribution in [1.82, 2.24) is 9.97 Å². The summed E-state index contributed by atoms with van der Waals surface area (Å²) in [4.78, 5) is 21.0. The van der Waals surface area contributed by atoms with E-state index >= 15 is 0 Å². The maximum Gasteiger partial charge on any atom is 0.226 e. The van der Waals surface area contributed by atoms with Gasteiger partial charge in [-0.05, 0) is 44.9 Å². The Morgan fingerprint density at radius 2 is 2.00 bits per heavy atom. The summed E-state index contributed by atoms with van der Waals surface area (Å²) < 4.78 is 5.33. The molecule has 0 spiro atoms. The van der Waals surface area contributed by atoms with E-state index in [0.29, 0.717) is 41.0 Å². The molecule has 0 aromatic carbocycles. The topological polar surface area (TPSA) is 116 Å². The maximum absolute atomic E-state index is 12.7. The lowest BCUT2D eigenvalue weighted by Gasteiger charge is -2.11. The zero-order valence-corrected chi connectivity index (χ0v) is 15.8. The second-order valence-corrected chi connectivity index (χ2v) is 5.75. The van der Waals surface area contributed by atoms with Crippen molar-refractivity contribution in [1.29, 1.82) is 0 Å². The van der Waals surface area contributed by atoms with Crippen molar-refractivity contribution in [2.45, 2.75) is 27.7 Å². The minimum atomic E-state index is -0.177. The zero-order valence-electron chi connectivity index (χ0n) is 15.8. The highest BCUT2D eigenvalue weighted by molar-refractivity contribution is 6.08. The van der Waals surface area contributed by atoms with Crippen molar-refractivity contribution in [3.8, 4) is 5.88 Å². The van der Waals surface area contributed by atoms with E-state index in [4.69, 9.17) is 16.2 Å². The molecule has 0 radical (unpaired) electrons. The predicted octanol–water partition coefficient (Wildman–Crippen LogP) is 2.45. The number of hydrogen-bond donors (Lipinski definition) is 3. The summed E-state index contributed by atoms with van der Waals surface area (Å²) in [5, 5.41) is 3.00. The number of nitrogens with two attached hydrogens (primary N) is 2. The van der Waals surface area contributed by atoms with Crippen LogP contribution < -0.4 is 21.5 Å². The van der Waals surface area contributed by atoms with Crippen LogP contribution >= 0.6 is 0 Å². The molecule has 0 fully saturated rings. The lowest BCUT2D eigenvalue weighted by molar-refractivity contribution is -0.112. The lowest BCUT2D eigenvalue weighted by Crippen LogP contribution is -2.19. The average Bonchev–Trinajstić information content (AvgIpc) is 2.59. The van der Waals surface area contributed by atoms with Crippen molar-refractivity contribution in [3.05, 3.63) is 59.1 Å². The number of carbonyl (C=O) groups excluding carboxylic acids is 1. The van der Waals surface area contributed by atoms with Gasteiger partial charge in [0, 0.05) is 35.8 Å². The average molecular weight is 357 g/mol. The first kappa shape index (κ1) is 21.0. The van der Waals surface area contributed by atoms with E-state index in [-0.39, 0.29) is 12.3 Å². The zero-order chi connectivity index (χ0) is 19.7. The third-order valence-corrected chi connectivity index (χ3v) is 3.46. The molecule has 0 aliphatic heterocycles. The van der Waals surface area contributed by atoms with Crippen molar-refractivity contribution >= 4 is 11.7 Å². The third-order valence-electron chi connectivity index (χ3n) is 3.46. The second kappa shape index (κ2) is 10.0. The molecule has 0 amide bonds. The molecule has 1 heterocycles. The van der Waals surface area contributed by atoms with Gasteiger partial charge in [-0.3, -0.25) is 4.79 Å². The number of nitrogens with zero attached hydrogens (tertiary/aromatic N) is 2. The molecule has 1 aromatic heterocycles. The van der Waals surface area contributed by atoms with E-state index in [2.05, 4.69) is 21.9 Å². The number of rotatable bonds is 9. The van der Waals surface area contributed by atoms with Crippen LogP contribution in [0.2, 0.25) is 0 Å². The SMILES string of the molecule is C=C(C)/C(N)=C\C=C(/C)C(=O)/C(CNc1nccc(OCC)n1)=C(/C)N. The molecule has 0 atom stereocenters. The highest BCUT2D eigenvalue weighted by Crippen LogP contribution is 2.13. The molecule has 7 heteroatoms. The second-order valence-electron chi connectivity index (χ2n) is 5.75. The fourth-order valence-electron chi connectivity index (χ4n) is 1.89. The van der Waals surface area contributed by atoms with E-state index < -0.39 is 0 Å². The van der Waals surface area contributed by atoms with E-state index in [1.165, 1.54) is 0 Å². The number of allylic oxidation sites excluding steroid dienone is 5. The summed E-state index contributed by atoms with van der Waals surface area (Å²) >= 11 is 0. The van der Waals surface area contributed by atoms with E-state index in [9.17, 15) is 4.79 Å². The lowest BCUT2D eigenvalue weighted by atomic mass is 10.0. The van der Waals surface area contributed by atoms with Gasteiger partial charge in [0.2, 0.25) is 11.8 Å². The van der Waals surface area contributed by atoms with Crippen LogP contribution in [0.15, 0.2) is 59.1 Å². The predicted molar refractivity (Wildman–Crippen MR) is 104 cm³/mol. The molecule has 1 rings (SSSR count). The molecule has 1 aromatic rings. The number of Topliss-reactive ketones (excluding diaryl/α,β-unsaturated/α-hetero) is 1. The number of aromatic nitrogens is 2. The highest BCUT2D eigenvalue weighted by atomic mass is 16.5. The van der Waals surface area contributed by atoms with Crippen LogP contribution in [0.5, 0.6) is 5.88 Å². The van der Waals surface area contributed by atoms with Gasteiger partial charge in [0.1, 0.15) is 0 Å². The number of nitrogens with one attached hydrogen (secondary N) is 1. The Bertz CT molecular complexity index is 759. The Kier molecular flexibility index (Phi) is 8.08. The minimum Gasteiger partial charge on any atom is -0.478 e. The molecular weight excluding hydrogens is 330 g/mol. The molecule has 0 saturated carbocycles. The summed E-state index contributed by atoms with van der Waals surface area (Å²) in [5.74, 6) is 0.641. The molecule has 140 valence electrons. The van der Waals surface area contributed by atoms with Crippen LogP contribution in [0.3, 0.4) is 0 Å². The van der Waals surface area contributed by atoms with Gasteiger partial charge in [-0.15, -0.1) is 0 Å². The molecule has 0 aliphatic carbocycles. The van der Waals surface area contributed by atoms with Gasteiger partial charge in [0.15, 0.2) is 5.78 Å². The van der Waals surface area contributed by atoms with Gasteiger partial charge < -0.3 is 21.5 Å². The van der Waals surface area contributed by atoms with Gasteiger partial charge in [-0.25, -0.2) is 4.98 Å². The largest absolute Gasteiger partial charge is 0.478 e. The van der Waals surface area contributed by atoms with E-state index in [1.54, 1.807) is 45.2 Å². The van der Waals surface area contributed by atoms with Gasteiger partial charge in [-0.2, -0.15) is 4.98 Å². The summed E-state index contributed by atoms with van der Waals surface area (Å²) in [7, 11) is 0. The Morgan fingerprint density at radius 1 is 1.31 bits per heavy atom. The molecule has 0 bridgehead atoms. The van der Waals surface area contributed by atoms with E-state index in [1.807, 2.05) is 6.92 Å². The van der Waals surface area contributed by atoms with Gasteiger partial charge in [0.05, 0.1) is 6.61 Å². The Hall–Kier alpha value is -3.09. The standard InChI is InChI=1S/C19H27N5O2/c1-6-26-17-9-10-22-19(24-17)23-11-15(14(5)20)18(25)13(4)7-8-16(21)12(2)3/h7-10H,2,6,11,20-21H2,1,3-5H3,(H,22,23,24)/b13-7+,15-14-,16-8+. The van der Waals surface area contributed by atoms with Crippen molar-refractivity contribution in [3.63, 3.8) is 0 Å². The first-order valence-electron chi connectivity index (χ1n) is 8.25. The maximum atomic E-state index is 12.7. The van der Waals surface area contributed by atoms with Crippen LogP contribution in [0.1, 0.15) is 27.7 Å². The van der Waals surface area contributed by atoms with Crippen LogP contribution in [0, 0.1) is 0 Å². The number of ketones is 1. The highest BCUT2D eigenvalue weighted by Gasteiger charge is 2.14. The molecule has 26 heavy (non-hydrogen) atoms. The summed E-state index contributed by atoms with van der Waals surface area (Å²) in [6, 6.07) is 1.66. The van der Waals surface area contributed by atoms with E-state index in [0.717, 1.165) is 5.57 Å². The first-order valence-corrected chi connectivity index (χ1v) is 8.25. The summed E-state index contributed by atoms with van der Waals surface area (Å²) in [5.41, 5.74) is 14.3. The number of carbonyl (C=O) groups is 1. The van der Waals surface area contributed by atoms with Crippen molar-refractivity contribution < 1.29 is 9.53 Å². The Morgan fingerprint density at radius 3 is 2.58 bits per heavy atom. The Balaban J connectivity index is 2.90. The van der Waals surface area contributed by atoms with Crippen molar-refractivity contribution in [2.24, 2.45) is 11.5 Å². The normalized spacial score (nSPS) is 13.1. The fourth-order valence-corrected chi connectivity index (χ4v) is 1.89. The Labute approximate surface area is 154 Å². The summed E-state index contributed by atoms with van der Waals surface area (Å²) in [6.07, 6.45) is 4.89. The minimum absolute atomic E-state index is 0.177.